The monoisotopic (exact) mass is 288 g/mol. The molecule has 1 aromatic rings. The molecule has 3 heteroatoms. The number of aliphatic hydroxyl groups is 1. The first-order chi connectivity index (χ1) is 10.2. The lowest BCUT2D eigenvalue weighted by Gasteiger charge is -2.37. The summed E-state index contributed by atoms with van der Waals surface area (Å²) < 4.78 is 0. The summed E-state index contributed by atoms with van der Waals surface area (Å²) in [5, 5.41) is 13.9. The van der Waals surface area contributed by atoms with Crippen molar-refractivity contribution in [2.45, 2.75) is 44.4 Å². The Hall–Kier alpha value is -0.900. The van der Waals surface area contributed by atoms with Gasteiger partial charge in [-0.1, -0.05) is 30.3 Å². The molecule has 1 saturated carbocycles. The van der Waals surface area contributed by atoms with Crippen molar-refractivity contribution in [3.8, 4) is 0 Å². The van der Waals surface area contributed by atoms with Crippen LogP contribution in [0.15, 0.2) is 30.3 Å². The van der Waals surface area contributed by atoms with E-state index in [0.29, 0.717) is 17.9 Å². The van der Waals surface area contributed by atoms with Gasteiger partial charge in [0.05, 0.1) is 6.10 Å². The first-order valence-electron chi connectivity index (χ1n) is 8.34. The van der Waals surface area contributed by atoms with E-state index in [1.165, 1.54) is 24.8 Å². The third-order valence-corrected chi connectivity index (χ3v) is 4.90. The lowest BCUT2D eigenvalue weighted by atomic mass is 9.88. The molecule has 0 aromatic heterocycles. The average Bonchev–Trinajstić information content (AvgIpc) is 3.30. The Morgan fingerprint density at radius 1 is 1.24 bits per heavy atom. The van der Waals surface area contributed by atoms with Crippen LogP contribution in [-0.2, 0) is 6.54 Å². The third kappa shape index (κ3) is 4.53. The van der Waals surface area contributed by atoms with Crippen LogP contribution in [0.4, 0.5) is 0 Å². The maximum absolute atomic E-state index is 10.2. The molecule has 116 valence electrons. The van der Waals surface area contributed by atoms with E-state index in [2.05, 4.69) is 47.6 Å². The van der Waals surface area contributed by atoms with Crippen molar-refractivity contribution < 1.29 is 5.11 Å². The van der Waals surface area contributed by atoms with Crippen LogP contribution in [-0.4, -0.2) is 42.3 Å². The van der Waals surface area contributed by atoms with Gasteiger partial charge in [-0.2, -0.15) is 0 Å². The van der Waals surface area contributed by atoms with Gasteiger partial charge in [-0.25, -0.2) is 0 Å². The molecule has 1 aliphatic carbocycles. The molecule has 1 aromatic carbocycles. The molecule has 0 spiro atoms. The molecule has 0 bridgehead atoms. The SMILES string of the molecule is CN1CC(CC(O)C2CC2)CC(NCc2ccccc2)C1. The smallest absolute Gasteiger partial charge is 0.0571 e. The molecule has 2 aliphatic rings. The van der Waals surface area contributed by atoms with E-state index in [1.807, 2.05) is 0 Å². The fourth-order valence-corrected chi connectivity index (χ4v) is 3.63. The van der Waals surface area contributed by atoms with Crippen molar-refractivity contribution in [2.75, 3.05) is 20.1 Å². The van der Waals surface area contributed by atoms with E-state index < -0.39 is 0 Å². The summed E-state index contributed by atoms with van der Waals surface area (Å²) in [6.07, 6.45) is 4.59. The number of benzene rings is 1. The second-order valence-corrected chi connectivity index (χ2v) is 7.03. The van der Waals surface area contributed by atoms with Gasteiger partial charge in [-0.15, -0.1) is 0 Å². The van der Waals surface area contributed by atoms with Crippen molar-refractivity contribution in [3.05, 3.63) is 35.9 Å². The van der Waals surface area contributed by atoms with Crippen LogP contribution in [0, 0.1) is 11.8 Å². The highest BCUT2D eigenvalue weighted by atomic mass is 16.3. The summed E-state index contributed by atoms with van der Waals surface area (Å²) >= 11 is 0. The molecule has 1 saturated heterocycles. The van der Waals surface area contributed by atoms with Gasteiger partial charge in [0.1, 0.15) is 0 Å². The largest absolute Gasteiger partial charge is 0.393 e. The van der Waals surface area contributed by atoms with E-state index in [9.17, 15) is 5.11 Å². The number of nitrogens with zero attached hydrogens (tertiary/aromatic N) is 1. The molecule has 1 heterocycles. The van der Waals surface area contributed by atoms with E-state index >= 15 is 0 Å². The summed E-state index contributed by atoms with van der Waals surface area (Å²) in [6.45, 7) is 3.19. The fraction of sp³-hybridized carbons (Fsp3) is 0.667. The van der Waals surface area contributed by atoms with Crippen LogP contribution in [0.25, 0.3) is 0 Å². The number of piperidine rings is 1. The van der Waals surface area contributed by atoms with Gasteiger partial charge < -0.3 is 15.3 Å². The number of likely N-dealkylation sites (N-methyl/N-ethyl adjacent to an activating group) is 1. The number of rotatable bonds is 6. The highest BCUT2D eigenvalue weighted by Gasteiger charge is 2.33. The van der Waals surface area contributed by atoms with Crippen molar-refractivity contribution in [1.29, 1.82) is 0 Å². The Kier molecular flexibility index (Phi) is 4.94. The summed E-state index contributed by atoms with van der Waals surface area (Å²) in [7, 11) is 2.20. The molecule has 0 amide bonds. The minimum Gasteiger partial charge on any atom is -0.393 e. The van der Waals surface area contributed by atoms with Crippen LogP contribution in [0.3, 0.4) is 0 Å². The highest BCUT2D eigenvalue weighted by molar-refractivity contribution is 5.14. The summed E-state index contributed by atoms with van der Waals surface area (Å²) in [5.74, 6) is 1.24. The summed E-state index contributed by atoms with van der Waals surface area (Å²) in [6, 6.07) is 11.1. The Labute approximate surface area is 128 Å². The molecule has 3 unspecified atom stereocenters. The first kappa shape index (κ1) is 15.0. The van der Waals surface area contributed by atoms with E-state index in [-0.39, 0.29) is 6.10 Å². The number of nitrogens with one attached hydrogen (secondary N) is 1. The predicted octanol–water partition coefficient (Wildman–Crippen LogP) is 2.26. The Morgan fingerprint density at radius 2 is 2.00 bits per heavy atom. The second-order valence-electron chi connectivity index (χ2n) is 7.03. The van der Waals surface area contributed by atoms with Gasteiger partial charge in [0.2, 0.25) is 0 Å². The van der Waals surface area contributed by atoms with Crippen LogP contribution in [0.2, 0.25) is 0 Å². The van der Waals surface area contributed by atoms with Crippen LogP contribution >= 0.6 is 0 Å². The van der Waals surface area contributed by atoms with Crippen LogP contribution in [0.5, 0.6) is 0 Å². The minimum absolute atomic E-state index is 0.0590. The summed E-state index contributed by atoms with van der Waals surface area (Å²) in [4.78, 5) is 2.41. The third-order valence-electron chi connectivity index (χ3n) is 4.90. The molecular weight excluding hydrogens is 260 g/mol. The predicted molar refractivity (Wildman–Crippen MR) is 86.0 cm³/mol. The van der Waals surface area contributed by atoms with E-state index in [0.717, 1.165) is 26.1 Å². The molecule has 2 fully saturated rings. The van der Waals surface area contributed by atoms with Crippen molar-refractivity contribution in [1.82, 2.24) is 10.2 Å². The number of hydrogen-bond acceptors (Lipinski definition) is 3. The molecule has 3 rings (SSSR count). The quantitative estimate of drug-likeness (QED) is 0.843. The molecule has 21 heavy (non-hydrogen) atoms. The topological polar surface area (TPSA) is 35.5 Å². The van der Waals surface area contributed by atoms with E-state index in [4.69, 9.17) is 0 Å². The first-order valence-corrected chi connectivity index (χ1v) is 8.34. The maximum Gasteiger partial charge on any atom is 0.0571 e. The van der Waals surface area contributed by atoms with Gasteiger partial charge in [-0.05, 0) is 50.1 Å². The zero-order valence-corrected chi connectivity index (χ0v) is 13.0. The van der Waals surface area contributed by atoms with E-state index in [1.54, 1.807) is 0 Å². The summed E-state index contributed by atoms with van der Waals surface area (Å²) in [5.41, 5.74) is 1.35. The normalized spacial score (nSPS) is 28.5. The molecule has 3 nitrogen and oxygen atoms in total. The van der Waals surface area contributed by atoms with Gasteiger partial charge in [0, 0.05) is 25.7 Å². The number of aliphatic hydroxyl groups excluding tert-OH is 1. The van der Waals surface area contributed by atoms with Gasteiger partial charge in [0.25, 0.3) is 0 Å². The Bertz CT molecular complexity index is 432. The average molecular weight is 288 g/mol. The second kappa shape index (κ2) is 6.91. The van der Waals surface area contributed by atoms with Gasteiger partial charge >= 0.3 is 0 Å². The Balaban J connectivity index is 1.48. The van der Waals surface area contributed by atoms with Crippen molar-refractivity contribution >= 4 is 0 Å². The van der Waals surface area contributed by atoms with Crippen molar-refractivity contribution in [2.24, 2.45) is 11.8 Å². The highest BCUT2D eigenvalue weighted by Crippen LogP contribution is 2.36. The molecular formula is C18H28N2O. The zero-order valence-electron chi connectivity index (χ0n) is 13.0. The molecule has 1 aliphatic heterocycles. The standard InChI is InChI=1S/C18H28N2O/c1-20-12-15(10-18(21)16-7-8-16)9-17(13-20)19-11-14-5-3-2-4-6-14/h2-6,15-19,21H,7-13H2,1H3. The zero-order chi connectivity index (χ0) is 14.7. The van der Waals surface area contributed by atoms with Crippen LogP contribution < -0.4 is 5.32 Å². The van der Waals surface area contributed by atoms with Gasteiger partial charge in [0.15, 0.2) is 0 Å². The number of hydrogen-bond donors (Lipinski definition) is 2. The molecule has 2 N–H and O–H groups in total. The fourth-order valence-electron chi connectivity index (χ4n) is 3.63. The molecule has 0 radical (unpaired) electrons. The van der Waals surface area contributed by atoms with Crippen LogP contribution in [0.1, 0.15) is 31.2 Å². The minimum atomic E-state index is -0.0590. The number of likely N-dealkylation sites (tertiary alicyclic amines) is 1. The lowest BCUT2D eigenvalue weighted by molar-refractivity contribution is 0.0836. The maximum atomic E-state index is 10.2. The lowest BCUT2D eigenvalue weighted by Crippen LogP contribution is -2.48. The van der Waals surface area contributed by atoms with Crippen molar-refractivity contribution in [3.63, 3.8) is 0 Å². The Morgan fingerprint density at radius 3 is 2.71 bits per heavy atom. The molecule has 3 atom stereocenters. The van der Waals surface area contributed by atoms with Gasteiger partial charge in [-0.3, -0.25) is 0 Å².